The fourth-order valence-electron chi connectivity index (χ4n) is 2.22. The third-order valence-corrected chi connectivity index (χ3v) is 4.66. The molecule has 0 aromatic carbocycles. The molecule has 0 bridgehead atoms. The van der Waals surface area contributed by atoms with E-state index >= 15 is 0 Å². The molecule has 0 saturated carbocycles. The van der Waals surface area contributed by atoms with Gasteiger partial charge in [-0.25, -0.2) is 9.78 Å². The fourth-order valence-corrected chi connectivity index (χ4v) is 3.30. The Labute approximate surface area is 112 Å². The maximum Gasteiger partial charge on any atom is 0.347 e. The van der Waals surface area contributed by atoms with Crippen LogP contribution < -0.4 is 4.90 Å². The van der Waals surface area contributed by atoms with Gasteiger partial charge in [-0.3, -0.25) is 0 Å². The number of piperidine rings is 1. The van der Waals surface area contributed by atoms with Crippen LogP contribution in [-0.2, 0) is 0 Å². The standard InChI is InChI=1S/C13H20N2O2S/c1-3-9(2)10-11(12(16)17)18-13(14-10)15-7-5-4-6-8-15/h9H,3-8H2,1-2H3,(H,16,17). The highest BCUT2D eigenvalue weighted by atomic mass is 32.1. The molecule has 1 unspecified atom stereocenters. The average Bonchev–Trinajstić information content (AvgIpc) is 2.84. The number of carbonyl (C=O) groups is 1. The van der Waals surface area contributed by atoms with E-state index in [0.717, 1.165) is 30.3 Å². The van der Waals surface area contributed by atoms with Crippen molar-refractivity contribution in [2.45, 2.75) is 45.4 Å². The van der Waals surface area contributed by atoms with Gasteiger partial charge in [0, 0.05) is 13.1 Å². The van der Waals surface area contributed by atoms with Crippen LogP contribution in [-0.4, -0.2) is 29.1 Å². The van der Waals surface area contributed by atoms with Crippen molar-refractivity contribution in [1.82, 2.24) is 4.98 Å². The second-order valence-electron chi connectivity index (χ2n) is 4.87. The molecule has 0 amide bonds. The third kappa shape index (κ3) is 2.66. The Bertz CT molecular complexity index is 425. The van der Waals surface area contributed by atoms with Gasteiger partial charge in [-0.15, -0.1) is 0 Å². The number of thiazole rings is 1. The molecule has 18 heavy (non-hydrogen) atoms. The van der Waals surface area contributed by atoms with Crippen molar-refractivity contribution in [3.8, 4) is 0 Å². The van der Waals surface area contributed by atoms with E-state index in [-0.39, 0.29) is 5.92 Å². The zero-order chi connectivity index (χ0) is 13.1. The molecule has 2 heterocycles. The van der Waals surface area contributed by atoms with Gasteiger partial charge >= 0.3 is 5.97 Å². The first kappa shape index (κ1) is 13.3. The van der Waals surface area contributed by atoms with Crippen LogP contribution in [0, 0.1) is 0 Å². The minimum atomic E-state index is -0.842. The summed E-state index contributed by atoms with van der Waals surface area (Å²) in [6, 6.07) is 0. The number of carboxylic acid groups (broad SMARTS) is 1. The largest absolute Gasteiger partial charge is 0.477 e. The van der Waals surface area contributed by atoms with Crippen molar-refractivity contribution in [2.75, 3.05) is 18.0 Å². The summed E-state index contributed by atoms with van der Waals surface area (Å²) < 4.78 is 0. The van der Waals surface area contributed by atoms with E-state index < -0.39 is 5.97 Å². The van der Waals surface area contributed by atoms with Crippen molar-refractivity contribution in [1.29, 1.82) is 0 Å². The summed E-state index contributed by atoms with van der Waals surface area (Å²) in [5.41, 5.74) is 0.760. The lowest BCUT2D eigenvalue weighted by atomic mass is 10.0. The molecule has 1 aromatic rings. The Morgan fingerprint density at radius 3 is 2.67 bits per heavy atom. The summed E-state index contributed by atoms with van der Waals surface area (Å²) in [6.07, 6.45) is 4.55. The monoisotopic (exact) mass is 268 g/mol. The maximum absolute atomic E-state index is 11.3. The van der Waals surface area contributed by atoms with Crippen LogP contribution in [0.25, 0.3) is 0 Å². The molecule has 1 aromatic heterocycles. The molecular formula is C13H20N2O2S. The fraction of sp³-hybridized carbons (Fsp3) is 0.692. The van der Waals surface area contributed by atoms with Crippen LogP contribution in [0.3, 0.4) is 0 Å². The van der Waals surface area contributed by atoms with Gasteiger partial charge < -0.3 is 10.0 Å². The minimum absolute atomic E-state index is 0.214. The van der Waals surface area contributed by atoms with Crippen molar-refractivity contribution in [2.24, 2.45) is 0 Å². The average molecular weight is 268 g/mol. The molecule has 100 valence electrons. The Hall–Kier alpha value is -1.10. The second kappa shape index (κ2) is 5.69. The van der Waals surface area contributed by atoms with Crippen LogP contribution >= 0.6 is 11.3 Å². The summed E-state index contributed by atoms with van der Waals surface area (Å²) in [7, 11) is 0. The van der Waals surface area contributed by atoms with Crippen LogP contribution in [0.4, 0.5) is 5.13 Å². The van der Waals surface area contributed by atoms with Gasteiger partial charge in [0.15, 0.2) is 5.13 Å². The van der Waals surface area contributed by atoms with E-state index in [4.69, 9.17) is 0 Å². The predicted molar refractivity (Wildman–Crippen MR) is 73.8 cm³/mol. The van der Waals surface area contributed by atoms with Crippen molar-refractivity contribution < 1.29 is 9.90 Å². The van der Waals surface area contributed by atoms with Gasteiger partial charge in [0.1, 0.15) is 4.88 Å². The summed E-state index contributed by atoms with van der Waals surface area (Å²) in [4.78, 5) is 18.5. The molecule has 0 spiro atoms. The maximum atomic E-state index is 11.3. The molecule has 5 heteroatoms. The lowest BCUT2D eigenvalue weighted by molar-refractivity contribution is 0.0700. The molecule has 1 atom stereocenters. The summed E-state index contributed by atoms with van der Waals surface area (Å²) >= 11 is 1.33. The van der Waals surface area contributed by atoms with E-state index in [0.29, 0.717) is 4.88 Å². The zero-order valence-electron chi connectivity index (χ0n) is 11.0. The van der Waals surface area contributed by atoms with E-state index in [1.165, 1.54) is 30.6 Å². The van der Waals surface area contributed by atoms with Crippen molar-refractivity contribution in [3.05, 3.63) is 10.6 Å². The molecular weight excluding hydrogens is 248 g/mol. The van der Waals surface area contributed by atoms with E-state index in [1.54, 1.807) is 0 Å². The lowest BCUT2D eigenvalue weighted by Gasteiger charge is -2.25. The second-order valence-corrected chi connectivity index (χ2v) is 5.85. The number of hydrogen-bond donors (Lipinski definition) is 1. The highest BCUT2D eigenvalue weighted by molar-refractivity contribution is 7.17. The Morgan fingerprint density at radius 2 is 2.11 bits per heavy atom. The van der Waals surface area contributed by atoms with Gasteiger partial charge in [0.05, 0.1) is 5.69 Å². The molecule has 0 aliphatic carbocycles. The third-order valence-electron chi connectivity index (χ3n) is 3.54. The SMILES string of the molecule is CCC(C)c1nc(N2CCCCC2)sc1C(=O)O. The normalized spacial score (nSPS) is 17.8. The number of carboxylic acids is 1. The van der Waals surface area contributed by atoms with Crippen molar-refractivity contribution >= 4 is 22.4 Å². The Kier molecular flexibility index (Phi) is 4.22. The van der Waals surface area contributed by atoms with Crippen LogP contribution in [0.2, 0.25) is 0 Å². The number of aromatic nitrogens is 1. The zero-order valence-corrected chi connectivity index (χ0v) is 11.8. The number of nitrogens with zero attached hydrogens (tertiary/aromatic N) is 2. The van der Waals surface area contributed by atoms with Gasteiger partial charge in [-0.2, -0.15) is 0 Å². The molecule has 4 nitrogen and oxygen atoms in total. The highest BCUT2D eigenvalue weighted by Crippen LogP contribution is 2.33. The smallest absolute Gasteiger partial charge is 0.347 e. The van der Waals surface area contributed by atoms with Crippen molar-refractivity contribution in [3.63, 3.8) is 0 Å². The predicted octanol–water partition coefficient (Wildman–Crippen LogP) is 3.35. The number of hydrogen-bond acceptors (Lipinski definition) is 4. The molecule has 1 aliphatic heterocycles. The Morgan fingerprint density at radius 1 is 1.44 bits per heavy atom. The first-order chi connectivity index (χ1) is 8.63. The summed E-state index contributed by atoms with van der Waals surface area (Å²) in [6.45, 7) is 6.12. The lowest BCUT2D eigenvalue weighted by Crippen LogP contribution is -2.29. The van der Waals surface area contributed by atoms with Crippen LogP contribution in [0.1, 0.15) is 60.8 Å². The first-order valence-corrected chi connectivity index (χ1v) is 7.44. The van der Waals surface area contributed by atoms with Gasteiger partial charge in [-0.05, 0) is 31.6 Å². The van der Waals surface area contributed by atoms with E-state index in [9.17, 15) is 9.90 Å². The summed E-state index contributed by atoms with van der Waals surface area (Å²) in [5, 5.41) is 10.2. The quantitative estimate of drug-likeness (QED) is 0.910. The molecule has 1 fully saturated rings. The number of anilines is 1. The molecule has 0 radical (unpaired) electrons. The number of aromatic carboxylic acids is 1. The molecule has 1 aliphatic rings. The topological polar surface area (TPSA) is 53.4 Å². The first-order valence-electron chi connectivity index (χ1n) is 6.62. The van der Waals surface area contributed by atoms with Crippen LogP contribution in [0.5, 0.6) is 0 Å². The highest BCUT2D eigenvalue weighted by Gasteiger charge is 2.24. The number of rotatable bonds is 4. The van der Waals surface area contributed by atoms with Gasteiger partial charge in [0.2, 0.25) is 0 Å². The molecule has 2 rings (SSSR count). The molecule has 1 N–H and O–H groups in total. The van der Waals surface area contributed by atoms with E-state index in [1.807, 2.05) is 6.92 Å². The summed E-state index contributed by atoms with van der Waals surface area (Å²) in [5.74, 6) is -0.628. The molecule has 1 saturated heterocycles. The van der Waals surface area contributed by atoms with Gasteiger partial charge in [-0.1, -0.05) is 25.2 Å². The Balaban J connectivity index is 2.29. The minimum Gasteiger partial charge on any atom is -0.477 e. The van der Waals surface area contributed by atoms with E-state index in [2.05, 4.69) is 16.8 Å². The van der Waals surface area contributed by atoms with Gasteiger partial charge in [0.25, 0.3) is 0 Å². The van der Waals surface area contributed by atoms with Crippen LogP contribution in [0.15, 0.2) is 0 Å².